The zero-order chi connectivity index (χ0) is 19.8. The van der Waals surface area contributed by atoms with E-state index in [9.17, 15) is 4.79 Å². The average molecular weight is 388 g/mol. The Bertz CT molecular complexity index is 999. The average Bonchev–Trinajstić information content (AvgIpc) is 3.40. The zero-order valence-corrected chi connectivity index (χ0v) is 16.3. The lowest BCUT2D eigenvalue weighted by Gasteiger charge is -2.35. The molecule has 3 atom stereocenters. The SMILES string of the molecule is Cc1cc(C(=O)N2CCC3NNC(c4ccc(-c5ccccc5)cc4)C3C2)no1. The predicted octanol–water partition coefficient (Wildman–Crippen LogP) is 3.33. The molecule has 2 aliphatic rings. The van der Waals surface area contributed by atoms with Gasteiger partial charge in [0.05, 0.1) is 6.04 Å². The number of aryl methyl sites for hydroxylation is 1. The van der Waals surface area contributed by atoms with Crippen LogP contribution in [0.4, 0.5) is 0 Å². The number of hydrogen-bond acceptors (Lipinski definition) is 5. The second kappa shape index (κ2) is 7.46. The van der Waals surface area contributed by atoms with Gasteiger partial charge < -0.3 is 9.42 Å². The van der Waals surface area contributed by atoms with E-state index in [-0.39, 0.29) is 11.9 Å². The van der Waals surface area contributed by atoms with Crippen molar-refractivity contribution in [2.24, 2.45) is 5.92 Å². The monoisotopic (exact) mass is 388 g/mol. The lowest BCUT2D eigenvalue weighted by molar-refractivity contribution is 0.0642. The highest BCUT2D eigenvalue weighted by molar-refractivity contribution is 5.92. The zero-order valence-electron chi connectivity index (χ0n) is 16.3. The lowest BCUT2D eigenvalue weighted by Crippen LogP contribution is -2.47. The van der Waals surface area contributed by atoms with E-state index in [1.165, 1.54) is 16.7 Å². The summed E-state index contributed by atoms with van der Waals surface area (Å²) in [4.78, 5) is 14.7. The van der Waals surface area contributed by atoms with Gasteiger partial charge in [-0.25, -0.2) is 5.43 Å². The van der Waals surface area contributed by atoms with Gasteiger partial charge in [0.2, 0.25) is 0 Å². The van der Waals surface area contributed by atoms with Gasteiger partial charge in [-0.1, -0.05) is 59.8 Å². The third-order valence-electron chi connectivity index (χ3n) is 6.02. The Labute approximate surface area is 169 Å². The summed E-state index contributed by atoms with van der Waals surface area (Å²) in [7, 11) is 0. The molecule has 2 aliphatic heterocycles. The van der Waals surface area contributed by atoms with E-state index in [4.69, 9.17) is 4.52 Å². The van der Waals surface area contributed by atoms with Gasteiger partial charge in [0.25, 0.3) is 5.91 Å². The molecule has 2 saturated heterocycles. The first-order chi connectivity index (χ1) is 14.2. The Kier molecular flexibility index (Phi) is 4.66. The number of hydrogen-bond donors (Lipinski definition) is 2. The molecule has 3 aromatic rings. The van der Waals surface area contributed by atoms with E-state index in [1.807, 2.05) is 11.0 Å². The molecule has 3 heterocycles. The largest absolute Gasteiger partial charge is 0.361 e. The molecule has 148 valence electrons. The molecule has 0 saturated carbocycles. The smallest absolute Gasteiger partial charge is 0.276 e. The molecule has 0 aliphatic carbocycles. The van der Waals surface area contributed by atoms with Crippen LogP contribution in [0.5, 0.6) is 0 Å². The van der Waals surface area contributed by atoms with Gasteiger partial charge in [0.15, 0.2) is 5.69 Å². The topological polar surface area (TPSA) is 70.4 Å². The maximum absolute atomic E-state index is 12.8. The highest BCUT2D eigenvalue weighted by Crippen LogP contribution is 2.35. The standard InChI is InChI=1S/C23H24N4O2/c1-15-13-21(26-29-15)23(28)27-12-11-20-19(14-27)22(25-24-20)18-9-7-17(8-10-18)16-5-3-2-4-6-16/h2-10,13,19-20,22,24-25H,11-12,14H2,1H3. The number of nitrogens with zero attached hydrogens (tertiary/aromatic N) is 2. The highest BCUT2D eigenvalue weighted by atomic mass is 16.5. The van der Waals surface area contributed by atoms with Gasteiger partial charge >= 0.3 is 0 Å². The minimum atomic E-state index is -0.0506. The number of hydrazine groups is 1. The number of carbonyl (C=O) groups is 1. The molecule has 6 heteroatoms. The first kappa shape index (κ1) is 18.1. The van der Waals surface area contributed by atoms with Crippen molar-refractivity contribution in [2.75, 3.05) is 13.1 Å². The molecule has 0 bridgehead atoms. The van der Waals surface area contributed by atoms with Crippen molar-refractivity contribution in [1.82, 2.24) is 20.9 Å². The number of carbonyl (C=O) groups excluding carboxylic acids is 1. The number of rotatable bonds is 3. The van der Waals surface area contributed by atoms with Crippen molar-refractivity contribution >= 4 is 5.91 Å². The summed E-state index contributed by atoms with van der Waals surface area (Å²) in [5.41, 5.74) is 10.9. The molecule has 2 N–H and O–H groups in total. The van der Waals surface area contributed by atoms with Crippen molar-refractivity contribution in [3.05, 3.63) is 77.7 Å². The molecular weight excluding hydrogens is 364 g/mol. The van der Waals surface area contributed by atoms with Crippen molar-refractivity contribution in [3.63, 3.8) is 0 Å². The van der Waals surface area contributed by atoms with Crippen LogP contribution in [0.15, 0.2) is 65.2 Å². The number of aromatic nitrogens is 1. The number of benzene rings is 2. The molecule has 2 fully saturated rings. The summed E-state index contributed by atoms with van der Waals surface area (Å²) in [6, 6.07) is 21.3. The van der Waals surface area contributed by atoms with E-state index in [2.05, 4.69) is 64.5 Å². The molecule has 1 aromatic heterocycles. The van der Waals surface area contributed by atoms with E-state index in [1.54, 1.807) is 13.0 Å². The summed E-state index contributed by atoms with van der Waals surface area (Å²) in [6.07, 6.45) is 0.916. The summed E-state index contributed by atoms with van der Waals surface area (Å²) in [5.74, 6) is 0.914. The van der Waals surface area contributed by atoms with E-state index < -0.39 is 0 Å². The number of nitrogens with one attached hydrogen (secondary N) is 2. The van der Waals surface area contributed by atoms with E-state index in [0.29, 0.717) is 30.0 Å². The van der Waals surface area contributed by atoms with Gasteiger partial charge in [-0.05, 0) is 30.0 Å². The summed E-state index contributed by atoms with van der Waals surface area (Å²) in [6.45, 7) is 3.22. The molecule has 6 nitrogen and oxygen atoms in total. The first-order valence-electron chi connectivity index (χ1n) is 10.1. The molecule has 3 unspecified atom stereocenters. The van der Waals surface area contributed by atoms with Crippen LogP contribution in [0, 0.1) is 12.8 Å². The Morgan fingerprint density at radius 1 is 1.07 bits per heavy atom. The summed E-state index contributed by atoms with van der Waals surface area (Å²) >= 11 is 0. The number of fused-ring (bicyclic) bond motifs is 1. The Balaban J connectivity index is 1.33. The fourth-order valence-corrected chi connectivity index (χ4v) is 4.46. The fourth-order valence-electron chi connectivity index (χ4n) is 4.46. The van der Waals surface area contributed by atoms with Crippen molar-refractivity contribution in [3.8, 4) is 11.1 Å². The van der Waals surface area contributed by atoms with Crippen LogP contribution in [-0.2, 0) is 0 Å². The van der Waals surface area contributed by atoms with Crippen molar-refractivity contribution in [2.45, 2.75) is 25.4 Å². The minimum Gasteiger partial charge on any atom is -0.361 e. The highest BCUT2D eigenvalue weighted by Gasteiger charge is 2.42. The Hall–Kier alpha value is -2.96. The number of piperidine rings is 1. The second-order valence-electron chi connectivity index (χ2n) is 7.89. The number of likely N-dealkylation sites (tertiary alicyclic amines) is 1. The molecule has 0 spiro atoms. The molecule has 2 aromatic carbocycles. The van der Waals surface area contributed by atoms with Crippen molar-refractivity contribution < 1.29 is 9.32 Å². The third-order valence-corrected chi connectivity index (χ3v) is 6.02. The minimum absolute atomic E-state index is 0.0506. The van der Waals surface area contributed by atoms with Gasteiger partial charge in [0.1, 0.15) is 5.76 Å². The molecular formula is C23H24N4O2. The van der Waals surface area contributed by atoms with Crippen molar-refractivity contribution in [1.29, 1.82) is 0 Å². The van der Waals surface area contributed by atoms with Gasteiger partial charge in [-0.3, -0.25) is 10.2 Å². The van der Waals surface area contributed by atoms with Gasteiger partial charge in [0, 0.05) is 31.1 Å². The third kappa shape index (κ3) is 3.45. The first-order valence-corrected chi connectivity index (χ1v) is 10.1. The van der Waals surface area contributed by atoms with Crippen LogP contribution in [0.3, 0.4) is 0 Å². The molecule has 1 amide bonds. The predicted molar refractivity (Wildman–Crippen MR) is 110 cm³/mol. The number of amides is 1. The maximum atomic E-state index is 12.8. The van der Waals surface area contributed by atoms with Crippen LogP contribution < -0.4 is 10.9 Å². The fraction of sp³-hybridized carbons (Fsp3) is 0.304. The van der Waals surface area contributed by atoms with E-state index in [0.717, 1.165) is 13.0 Å². The molecule has 29 heavy (non-hydrogen) atoms. The van der Waals surface area contributed by atoms with Crippen LogP contribution in [0.2, 0.25) is 0 Å². The maximum Gasteiger partial charge on any atom is 0.276 e. The molecule has 0 radical (unpaired) electrons. The van der Waals surface area contributed by atoms with Gasteiger partial charge in [-0.2, -0.15) is 0 Å². The van der Waals surface area contributed by atoms with Crippen LogP contribution in [-0.4, -0.2) is 35.1 Å². The Morgan fingerprint density at radius 2 is 1.83 bits per heavy atom. The molecule has 5 rings (SSSR count). The van der Waals surface area contributed by atoms with E-state index >= 15 is 0 Å². The van der Waals surface area contributed by atoms with Crippen LogP contribution in [0.25, 0.3) is 11.1 Å². The van der Waals surface area contributed by atoms with Gasteiger partial charge in [-0.15, -0.1) is 0 Å². The summed E-state index contributed by atoms with van der Waals surface area (Å²) in [5, 5.41) is 3.89. The lowest BCUT2D eigenvalue weighted by atomic mass is 9.84. The van der Waals surface area contributed by atoms with Crippen LogP contribution in [0.1, 0.15) is 34.3 Å². The van der Waals surface area contributed by atoms with Crippen LogP contribution >= 0.6 is 0 Å². The summed E-state index contributed by atoms with van der Waals surface area (Å²) < 4.78 is 5.08. The Morgan fingerprint density at radius 3 is 2.55 bits per heavy atom. The second-order valence-corrected chi connectivity index (χ2v) is 7.89. The normalized spacial score (nSPS) is 23.8. The quantitative estimate of drug-likeness (QED) is 0.720.